The predicted octanol–water partition coefficient (Wildman–Crippen LogP) is 1.09. The van der Waals surface area contributed by atoms with E-state index in [0.717, 1.165) is 18.4 Å². The molecule has 0 spiro atoms. The first kappa shape index (κ1) is 14.9. The summed E-state index contributed by atoms with van der Waals surface area (Å²) in [4.78, 5) is 0. The number of aryl methyl sites for hydroxylation is 1. The summed E-state index contributed by atoms with van der Waals surface area (Å²) < 4.78 is 28.5. The van der Waals surface area contributed by atoms with E-state index in [-0.39, 0.29) is 6.61 Å². The third-order valence-corrected chi connectivity index (χ3v) is 4.72. The van der Waals surface area contributed by atoms with Crippen molar-refractivity contribution in [1.82, 2.24) is 4.31 Å². The molecule has 2 N–H and O–H groups in total. The van der Waals surface area contributed by atoms with Gasteiger partial charge in [0.1, 0.15) is 6.61 Å². The Hall–Kier alpha value is -1.55. The molecule has 1 heterocycles. The quantitative estimate of drug-likeness (QED) is 0.820. The van der Waals surface area contributed by atoms with Gasteiger partial charge in [-0.15, -0.1) is 0 Å². The molecule has 6 heteroatoms. The minimum absolute atomic E-state index is 0.220. The van der Waals surface area contributed by atoms with Crippen LogP contribution in [0.1, 0.15) is 24.0 Å². The first-order valence-electron chi connectivity index (χ1n) is 6.51. The largest absolute Gasteiger partial charge is 0.384 e. The lowest BCUT2D eigenvalue weighted by Gasteiger charge is -2.18. The van der Waals surface area contributed by atoms with Crippen LogP contribution < -0.4 is 4.72 Å². The van der Waals surface area contributed by atoms with Crippen molar-refractivity contribution < 1.29 is 13.5 Å². The Kier molecular flexibility index (Phi) is 4.65. The van der Waals surface area contributed by atoms with Gasteiger partial charge in [-0.25, -0.2) is 0 Å². The smallest absolute Gasteiger partial charge is 0.301 e. The summed E-state index contributed by atoms with van der Waals surface area (Å²) in [5, 5.41) is 8.69. The average molecular weight is 294 g/mol. The van der Waals surface area contributed by atoms with Crippen LogP contribution in [0.5, 0.6) is 0 Å². The molecule has 1 aliphatic rings. The van der Waals surface area contributed by atoms with Gasteiger partial charge in [-0.3, -0.25) is 4.72 Å². The molecule has 0 bridgehead atoms. The molecule has 1 aromatic rings. The van der Waals surface area contributed by atoms with E-state index in [9.17, 15) is 8.42 Å². The average Bonchev–Trinajstić information content (AvgIpc) is 2.94. The highest BCUT2D eigenvalue weighted by Gasteiger charge is 2.25. The molecule has 1 fully saturated rings. The number of nitrogens with zero attached hydrogens (tertiary/aromatic N) is 1. The van der Waals surface area contributed by atoms with Gasteiger partial charge in [-0.05, 0) is 37.5 Å². The van der Waals surface area contributed by atoms with Crippen LogP contribution in [0, 0.1) is 18.8 Å². The van der Waals surface area contributed by atoms with E-state index in [1.165, 1.54) is 4.31 Å². The summed E-state index contributed by atoms with van der Waals surface area (Å²) >= 11 is 0. The first-order chi connectivity index (χ1) is 9.53. The Morgan fingerprint density at radius 2 is 2.05 bits per heavy atom. The van der Waals surface area contributed by atoms with Gasteiger partial charge in [0.05, 0.1) is 5.69 Å². The summed E-state index contributed by atoms with van der Waals surface area (Å²) in [5.41, 5.74) is 2.03. The van der Waals surface area contributed by atoms with Crippen LogP contribution in [0.25, 0.3) is 0 Å². The van der Waals surface area contributed by atoms with E-state index < -0.39 is 10.2 Å². The minimum Gasteiger partial charge on any atom is -0.384 e. The first-order valence-corrected chi connectivity index (χ1v) is 7.95. The van der Waals surface area contributed by atoms with E-state index in [1.807, 2.05) is 13.0 Å². The molecule has 2 rings (SSSR count). The molecule has 0 saturated carbocycles. The van der Waals surface area contributed by atoms with E-state index in [4.69, 9.17) is 5.11 Å². The molecule has 0 unspecified atom stereocenters. The maximum absolute atomic E-state index is 12.2. The van der Waals surface area contributed by atoms with E-state index in [1.54, 1.807) is 12.1 Å². The van der Waals surface area contributed by atoms with Crippen LogP contribution in [0.2, 0.25) is 0 Å². The molecular weight excluding hydrogens is 276 g/mol. The number of hydrogen-bond donors (Lipinski definition) is 2. The molecule has 20 heavy (non-hydrogen) atoms. The van der Waals surface area contributed by atoms with Gasteiger partial charge in [-0.2, -0.15) is 12.7 Å². The second-order valence-electron chi connectivity index (χ2n) is 4.70. The number of benzene rings is 1. The van der Waals surface area contributed by atoms with Crippen LogP contribution >= 0.6 is 0 Å². The molecule has 1 saturated heterocycles. The van der Waals surface area contributed by atoms with Crippen molar-refractivity contribution >= 4 is 15.9 Å². The second kappa shape index (κ2) is 6.27. The Balaban J connectivity index is 2.23. The molecular formula is C14H18N2O3S. The van der Waals surface area contributed by atoms with Crippen molar-refractivity contribution in [2.45, 2.75) is 19.8 Å². The zero-order valence-corrected chi connectivity index (χ0v) is 12.2. The maximum Gasteiger partial charge on any atom is 0.301 e. The van der Waals surface area contributed by atoms with Gasteiger partial charge in [0.15, 0.2) is 0 Å². The van der Waals surface area contributed by atoms with Gasteiger partial charge in [-0.1, -0.05) is 17.9 Å². The fourth-order valence-electron chi connectivity index (χ4n) is 2.08. The van der Waals surface area contributed by atoms with Crippen molar-refractivity contribution in [1.29, 1.82) is 0 Å². The van der Waals surface area contributed by atoms with E-state index >= 15 is 0 Å². The van der Waals surface area contributed by atoms with E-state index in [0.29, 0.717) is 24.3 Å². The van der Waals surface area contributed by atoms with Crippen molar-refractivity contribution in [3.05, 3.63) is 29.3 Å². The monoisotopic (exact) mass is 294 g/mol. The lowest BCUT2D eigenvalue weighted by Crippen LogP contribution is -2.33. The van der Waals surface area contributed by atoms with Gasteiger partial charge in [0.25, 0.3) is 0 Å². The number of aliphatic hydroxyl groups is 1. The predicted molar refractivity (Wildman–Crippen MR) is 78.5 cm³/mol. The van der Waals surface area contributed by atoms with Crippen LogP contribution in [0.15, 0.2) is 18.2 Å². The number of anilines is 1. The lowest BCUT2D eigenvalue weighted by atomic mass is 10.1. The standard InChI is InChI=1S/C14H18N2O3S/c1-12-6-7-13(5-4-10-17)11-14(12)15-20(18,19)16-8-2-3-9-16/h6-7,11,15,17H,2-3,8-10H2,1H3. The van der Waals surface area contributed by atoms with Crippen molar-refractivity contribution in [2.24, 2.45) is 0 Å². The lowest BCUT2D eigenvalue weighted by molar-refractivity contribution is 0.350. The van der Waals surface area contributed by atoms with Gasteiger partial charge in [0.2, 0.25) is 0 Å². The second-order valence-corrected chi connectivity index (χ2v) is 6.37. The maximum atomic E-state index is 12.2. The summed E-state index contributed by atoms with van der Waals surface area (Å²) in [6, 6.07) is 5.29. The summed E-state index contributed by atoms with van der Waals surface area (Å²) in [6.45, 7) is 2.75. The summed E-state index contributed by atoms with van der Waals surface area (Å²) in [5.74, 6) is 5.32. The number of rotatable bonds is 3. The Labute approximate surface area is 119 Å². The third-order valence-electron chi connectivity index (χ3n) is 3.19. The highest BCUT2D eigenvalue weighted by molar-refractivity contribution is 7.90. The van der Waals surface area contributed by atoms with Crippen LogP contribution in [0.4, 0.5) is 5.69 Å². The van der Waals surface area contributed by atoms with Crippen LogP contribution in [0.3, 0.4) is 0 Å². The topological polar surface area (TPSA) is 69.6 Å². The van der Waals surface area contributed by atoms with Gasteiger partial charge >= 0.3 is 10.2 Å². The van der Waals surface area contributed by atoms with Crippen LogP contribution in [-0.4, -0.2) is 37.5 Å². The number of hydrogen-bond acceptors (Lipinski definition) is 3. The van der Waals surface area contributed by atoms with E-state index in [2.05, 4.69) is 16.6 Å². The molecule has 0 aliphatic carbocycles. The third kappa shape index (κ3) is 3.51. The van der Waals surface area contributed by atoms with Crippen LogP contribution in [-0.2, 0) is 10.2 Å². The molecule has 1 aliphatic heterocycles. The fourth-order valence-corrected chi connectivity index (χ4v) is 3.45. The molecule has 0 radical (unpaired) electrons. The molecule has 1 aromatic carbocycles. The Morgan fingerprint density at radius 3 is 2.70 bits per heavy atom. The molecule has 5 nitrogen and oxygen atoms in total. The van der Waals surface area contributed by atoms with Crippen molar-refractivity contribution in [3.8, 4) is 11.8 Å². The Morgan fingerprint density at radius 1 is 1.35 bits per heavy atom. The summed E-state index contributed by atoms with van der Waals surface area (Å²) in [7, 11) is -3.49. The number of aliphatic hydroxyl groups excluding tert-OH is 1. The summed E-state index contributed by atoms with van der Waals surface area (Å²) in [6.07, 6.45) is 1.81. The molecule has 0 atom stereocenters. The highest BCUT2D eigenvalue weighted by Crippen LogP contribution is 2.21. The highest BCUT2D eigenvalue weighted by atomic mass is 32.2. The normalized spacial score (nSPS) is 15.7. The SMILES string of the molecule is Cc1ccc(C#CCO)cc1NS(=O)(=O)N1CCCC1. The molecule has 0 aromatic heterocycles. The number of nitrogens with one attached hydrogen (secondary N) is 1. The zero-order valence-electron chi connectivity index (χ0n) is 11.4. The van der Waals surface area contributed by atoms with Gasteiger partial charge < -0.3 is 5.11 Å². The van der Waals surface area contributed by atoms with Crippen molar-refractivity contribution in [2.75, 3.05) is 24.4 Å². The zero-order chi connectivity index (χ0) is 14.6. The van der Waals surface area contributed by atoms with Crippen molar-refractivity contribution in [3.63, 3.8) is 0 Å². The molecule has 0 amide bonds. The molecule has 108 valence electrons. The Bertz CT molecular complexity index is 638. The fraction of sp³-hybridized carbons (Fsp3) is 0.429. The minimum atomic E-state index is -3.49. The van der Waals surface area contributed by atoms with Gasteiger partial charge in [0, 0.05) is 18.7 Å².